The SMILES string of the molecule is CC(C)CCCC(C)C1CCC2C3CCC4CC5(CCC4(C)C3CCC12C)c1ccccc1-c1ccc(-c2ccc(-c3c4ccccc4c(-c4cccc6c4ccc4cc7ccccc7cc46)c4ccccc34)cc2)cc15. The van der Waals surface area contributed by atoms with Gasteiger partial charge in [0.25, 0.3) is 0 Å². The molecule has 0 radical (unpaired) electrons. The van der Waals surface area contributed by atoms with Crippen LogP contribution in [0.4, 0.5) is 0 Å². The Balaban J connectivity index is 0.756. The second-order valence-corrected chi connectivity index (χ2v) is 26.6. The molecular weight excluding hydrogens is 925 g/mol. The van der Waals surface area contributed by atoms with Crippen LogP contribution in [0.5, 0.6) is 0 Å². The summed E-state index contributed by atoms with van der Waals surface area (Å²) in [5, 5.41) is 12.9. The van der Waals surface area contributed by atoms with Crippen molar-refractivity contribution < 1.29 is 0 Å². The molecule has 9 atom stereocenters. The van der Waals surface area contributed by atoms with Crippen LogP contribution in [-0.4, -0.2) is 0 Å². The average Bonchev–Trinajstić information content (AvgIpc) is 4.08. The van der Waals surface area contributed by atoms with Crippen LogP contribution in [0.15, 0.2) is 182 Å². The first-order valence-corrected chi connectivity index (χ1v) is 30.2. The molecule has 5 aliphatic rings. The van der Waals surface area contributed by atoms with E-state index in [4.69, 9.17) is 0 Å². The maximum atomic E-state index is 2.80. The van der Waals surface area contributed by atoms with E-state index in [1.165, 1.54) is 175 Å². The summed E-state index contributed by atoms with van der Waals surface area (Å²) in [6, 6.07) is 70.2. The van der Waals surface area contributed by atoms with Gasteiger partial charge in [0.05, 0.1) is 0 Å². The van der Waals surface area contributed by atoms with Crippen molar-refractivity contribution in [1.82, 2.24) is 0 Å². The highest BCUT2D eigenvalue weighted by Gasteiger charge is 2.62. The zero-order chi connectivity index (χ0) is 51.8. The molecule has 1 spiro atoms. The molecule has 77 heavy (non-hydrogen) atoms. The van der Waals surface area contributed by atoms with Gasteiger partial charge in [0.1, 0.15) is 0 Å². The van der Waals surface area contributed by atoms with Crippen molar-refractivity contribution in [2.45, 2.75) is 117 Å². The van der Waals surface area contributed by atoms with Crippen LogP contribution in [-0.2, 0) is 5.41 Å². The zero-order valence-corrected chi connectivity index (χ0v) is 46.3. The lowest BCUT2D eigenvalue weighted by Gasteiger charge is -2.63. The number of benzene rings is 10. The van der Waals surface area contributed by atoms with Crippen LogP contribution in [0.1, 0.15) is 123 Å². The van der Waals surface area contributed by atoms with Gasteiger partial charge in [-0.05, 0) is 238 Å². The van der Waals surface area contributed by atoms with E-state index >= 15 is 0 Å². The van der Waals surface area contributed by atoms with Crippen LogP contribution in [0, 0.1) is 52.3 Å². The third kappa shape index (κ3) is 7.21. The molecule has 15 rings (SSSR count). The lowest BCUT2D eigenvalue weighted by atomic mass is 9.42. The summed E-state index contributed by atoms with van der Waals surface area (Å²) in [5.74, 6) is 6.14. The van der Waals surface area contributed by atoms with Crippen LogP contribution in [0.3, 0.4) is 0 Å². The molecule has 10 aromatic carbocycles. The molecule has 0 heterocycles. The first kappa shape index (κ1) is 47.7. The van der Waals surface area contributed by atoms with E-state index in [0.717, 1.165) is 41.4 Å². The first-order chi connectivity index (χ1) is 37.6. The summed E-state index contributed by atoms with van der Waals surface area (Å²) >= 11 is 0. The first-order valence-electron chi connectivity index (χ1n) is 30.2. The largest absolute Gasteiger partial charge is 0.0628 e. The van der Waals surface area contributed by atoms with E-state index < -0.39 is 0 Å². The maximum absolute atomic E-state index is 2.80. The van der Waals surface area contributed by atoms with Gasteiger partial charge in [-0.25, -0.2) is 0 Å². The quantitative estimate of drug-likeness (QED) is 0.105. The van der Waals surface area contributed by atoms with Gasteiger partial charge in [0.15, 0.2) is 0 Å². The molecular formula is C77H76. The van der Waals surface area contributed by atoms with Gasteiger partial charge in [0.2, 0.25) is 0 Å². The lowest BCUT2D eigenvalue weighted by Crippen LogP contribution is -2.55. The smallest absolute Gasteiger partial charge is 0.0218 e. The molecule has 0 amide bonds. The van der Waals surface area contributed by atoms with Gasteiger partial charge in [-0.1, -0.05) is 218 Å². The summed E-state index contributed by atoms with van der Waals surface area (Å²) in [5.41, 5.74) is 15.1. The van der Waals surface area contributed by atoms with Crippen molar-refractivity contribution in [2.24, 2.45) is 52.3 Å². The van der Waals surface area contributed by atoms with E-state index in [2.05, 4.69) is 217 Å². The summed E-state index contributed by atoms with van der Waals surface area (Å²) < 4.78 is 0. The van der Waals surface area contributed by atoms with E-state index in [9.17, 15) is 0 Å². The Morgan fingerprint density at radius 3 is 1.82 bits per heavy atom. The predicted octanol–water partition coefficient (Wildman–Crippen LogP) is 21.8. The van der Waals surface area contributed by atoms with Gasteiger partial charge in [-0.15, -0.1) is 0 Å². The third-order valence-corrected chi connectivity index (χ3v) is 22.7. The fourth-order valence-corrected chi connectivity index (χ4v) is 19.0. The van der Waals surface area contributed by atoms with Crippen molar-refractivity contribution >= 4 is 53.9 Å². The minimum Gasteiger partial charge on any atom is -0.0628 e. The number of hydrogen-bond donors (Lipinski definition) is 0. The molecule has 0 aliphatic heterocycles. The van der Waals surface area contributed by atoms with Gasteiger partial charge < -0.3 is 0 Å². The minimum absolute atomic E-state index is 0.0804. The Bertz CT molecular complexity index is 3910. The maximum Gasteiger partial charge on any atom is 0.0218 e. The van der Waals surface area contributed by atoms with Crippen molar-refractivity contribution in [3.8, 4) is 44.5 Å². The molecule has 0 N–H and O–H groups in total. The zero-order valence-electron chi connectivity index (χ0n) is 46.3. The number of rotatable bonds is 8. The van der Waals surface area contributed by atoms with E-state index in [0.29, 0.717) is 10.8 Å². The van der Waals surface area contributed by atoms with Crippen LogP contribution < -0.4 is 0 Å². The van der Waals surface area contributed by atoms with Crippen LogP contribution in [0.25, 0.3) is 98.4 Å². The highest BCUT2D eigenvalue weighted by molar-refractivity contribution is 6.25. The Hall–Kier alpha value is -6.50. The second-order valence-electron chi connectivity index (χ2n) is 26.6. The van der Waals surface area contributed by atoms with Gasteiger partial charge in [0, 0.05) is 5.41 Å². The van der Waals surface area contributed by atoms with Gasteiger partial charge in [-0.3, -0.25) is 0 Å². The Labute approximate surface area is 458 Å². The topological polar surface area (TPSA) is 0 Å². The van der Waals surface area contributed by atoms with Crippen LogP contribution >= 0.6 is 0 Å². The van der Waals surface area contributed by atoms with Crippen molar-refractivity contribution in [3.63, 3.8) is 0 Å². The molecule has 384 valence electrons. The van der Waals surface area contributed by atoms with Gasteiger partial charge >= 0.3 is 0 Å². The lowest BCUT2D eigenvalue weighted by molar-refractivity contribution is -0.121. The van der Waals surface area contributed by atoms with Crippen molar-refractivity contribution in [2.75, 3.05) is 0 Å². The molecule has 4 fully saturated rings. The summed E-state index contributed by atoms with van der Waals surface area (Å²) in [4.78, 5) is 0. The van der Waals surface area contributed by atoms with Crippen molar-refractivity contribution in [3.05, 3.63) is 193 Å². The van der Waals surface area contributed by atoms with Crippen LogP contribution in [0.2, 0.25) is 0 Å². The molecule has 10 aromatic rings. The monoisotopic (exact) mass is 1000 g/mol. The minimum atomic E-state index is 0.0804. The molecule has 9 unspecified atom stereocenters. The Morgan fingerprint density at radius 2 is 1.05 bits per heavy atom. The molecule has 0 nitrogen and oxygen atoms in total. The second kappa shape index (κ2) is 18.0. The molecule has 0 aromatic heterocycles. The van der Waals surface area contributed by atoms with Gasteiger partial charge in [-0.2, -0.15) is 0 Å². The summed E-state index contributed by atoms with van der Waals surface area (Å²) in [6.45, 7) is 13.0. The summed E-state index contributed by atoms with van der Waals surface area (Å²) in [6.07, 6.45) is 17.0. The van der Waals surface area contributed by atoms with E-state index in [1.807, 2.05) is 0 Å². The fraction of sp³-hybridized carbons (Fsp3) is 0.351. The standard InChI is InChI=1S/C77H76/c1-48(2)16-14-17-49(3)68-38-39-69-66-37-34-56-47-77(43-42-75(56,4)70(66)40-41-76(68,69)5)71-27-13-12-20-59(71)60-36-32-54(46-72(60)77)50-28-30-51(31-29-50)73-62-21-8-10-23-64(62)74(65-24-11-9-22-63(65)73)61-26-15-25-57-58(61)35-33-55-44-52-18-6-7-19-53(52)45-67(55)57/h6-13,15,18-33,35-36,44-46,48-49,56,66,68-70H,14,16-17,34,37-43,47H2,1-5H3. The van der Waals surface area contributed by atoms with Crippen molar-refractivity contribution in [1.29, 1.82) is 0 Å². The Kier molecular flexibility index (Phi) is 11.2. The molecule has 0 heteroatoms. The normalized spacial score (nSPS) is 26.8. The molecule has 5 aliphatic carbocycles. The number of fused-ring (bicyclic) bond motifs is 16. The molecule has 0 bridgehead atoms. The average molecular weight is 1000 g/mol. The van der Waals surface area contributed by atoms with E-state index in [-0.39, 0.29) is 5.41 Å². The molecule has 0 saturated heterocycles. The molecule has 4 saturated carbocycles. The fourth-order valence-electron chi connectivity index (χ4n) is 19.0. The predicted molar refractivity (Wildman–Crippen MR) is 330 cm³/mol. The highest BCUT2D eigenvalue weighted by atomic mass is 14.7. The Morgan fingerprint density at radius 1 is 0.416 bits per heavy atom. The van der Waals surface area contributed by atoms with E-state index in [1.54, 1.807) is 11.1 Å². The highest BCUT2D eigenvalue weighted by Crippen LogP contribution is 2.71. The third-order valence-electron chi connectivity index (χ3n) is 22.7. The number of hydrogen-bond acceptors (Lipinski definition) is 0. The summed E-state index contributed by atoms with van der Waals surface area (Å²) in [7, 11) is 0.